The van der Waals surface area contributed by atoms with E-state index < -0.39 is 0 Å². The predicted molar refractivity (Wildman–Crippen MR) is 106 cm³/mol. The Morgan fingerprint density at radius 3 is 2.82 bits per heavy atom. The molecule has 0 N–H and O–H groups in total. The highest BCUT2D eigenvalue weighted by Gasteiger charge is 2.42. The summed E-state index contributed by atoms with van der Waals surface area (Å²) in [6.07, 6.45) is 6.68. The van der Waals surface area contributed by atoms with E-state index >= 15 is 0 Å². The number of amides is 1. The van der Waals surface area contributed by atoms with Crippen molar-refractivity contribution in [3.8, 4) is 0 Å². The summed E-state index contributed by atoms with van der Waals surface area (Å²) in [7, 11) is 0. The number of rotatable bonds is 4. The molecular formula is C21H32N4O3. The van der Waals surface area contributed by atoms with Gasteiger partial charge in [-0.25, -0.2) is 9.97 Å². The average Bonchev–Trinajstić information content (AvgIpc) is 3.24. The summed E-state index contributed by atoms with van der Waals surface area (Å²) in [5.74, 6) is 2.20. The zero-order chi connectivity index (χ0) is 19.6. The molecule has 1 amide bonds. The Labute approximate surface area is 167 Å². The number of ether oxygens (including phenoxy) is 2. The number of morpholine rings is 1. The number of aryl methyl sites for hydroxylation is 2. The standard InChI is InChI=1S/C21H32N4O3/c1-3-4-17-13-22-16(2)23-19(17)25-10-12-28-21(15-25)6-8-24(9-7-21)20(26)18-5-11-27-14-18/h13,18H,3-12,14-15H2,1-2H3. The second kappa shape index (κ2) is 8.33. The molecule has 1 spiro atoms. The van der Waals surface area contributed by atoms with Gasteiger partial charge in [0, 0.05) is 44.5 Å². The fraction of sp³-hybridized carbons (Fsp3) is 0.762. The Morgan fingerprint density at radius 1 is 1.29 bits per heavy atom. The molecule has 3 aliphatic rings. The molecule has 3 aliphatic heterocycles. The second-order valence-electron chi connectivity index (χ2n) is 8.35. The van der Waals surface area contributed by atoms with Crippen molar-refractivity contribution in [2.45, 2.75) is 51.6 Å². The van der Waals surface area contributed by atoms with Crippen LogP contribution in [0.3, 0.4) is 0 Å². The topological polar surface area (TPSA) is 67.8 Å². The molecule has 154 valence electrons. The maximum absolute atomic E-state index is 12.7. The number of likely N-dealkylation sites (tertiary alicyclic amines) is 1. The van der Waals surface area contributed by atoms with Crippen molar-refractivity contribution in [1.29, 1.82) is 0 Å². The summed E-state index contributed by atoms with van der Waals surface area (Å²) in [5, 5.41) is 0. The first-order valence-electron chi connectivity index (χ1n) is 10.7. The van der Waals surface area contributed by atoms with Crippen LogP contribution in [0.5, 0.6) is 0 Å². The number of hydrogen-bond donors (Lipinski definition) is 0. The molecule has 28 heavy (non-hydrogen) atoms. The van der Waals surface area contributed by atoms with Gasteiger partial charge in [-0.3, -0.25) is 4.79 Å². The number of piperidine rings is 1. The normalized spacial score (nSPS) is 24.7. The Kier molecular flexibility index (Phi) is 5.83. The highest BCUT2D eigenvalue weighted by Crippen LogP contribution is 2.33. The maximum Gasteiger partial charge on any atom is 0.228 e. The third kappa shape index (κ3) is 4.01. The van der Waals surface area contributed by atoms with Gasteiger partial charge in [0.2, 0.25) is 5.91 Å². The van der Waals surface area contributed by atoms with Crippen LogP contribution in [0.15, 0.2) is 6.20 Å². The number of hydrogen-bond acceptors (Lipinski definition) is 6. The van der Waals surface area contributed by atoms with E-state index in [0.29, 0.717) is 19.8 Å². The maximum atomic E-state index is 12.7. The minimum Gasteiger partial charge on any atom is -0.381 e. The molecule has 3 fully saturated rings. The van der Waals surface area contributed by atoms with E-state index in [2.05, 4.69) is 16.8 Å². The van der Waals surface area contributed by atoms with Gasteiger partial charge in [0.1, 0.15) is 11.6 Å². The van der Waals surface area contributed by atoms with Gasteiger partial charge < -0.3 is 19.3 Å². The summed E-state index contributed by atoms with van der Waals surface area (Å²) < 4.78 is 11.7. The molecule has 0 radical (unpaired) electrons. The summed E-state index contributed by atoms with van der Waals surface area (Å²) in [6, 6.07) is 0. The molecule has 1 aromatic rings. The Morgan fingerprint density at radius 2 is 2.11 bits per heavy atom. The number of aromatic nitrogens is 2. The van der Waals surface area contributed by atoms with E-state index in [-0.39, 0.29) is 17.4 Å². The predicted octanol–water partition coefficient (Wildman–Crippen LogP) is 1.97. The number of carbonyl (C=O) groups excluding carboxylic acids is 1. The molecule has 3 saturated heterocycles. The van der Waals surface area contributed by atoms with Gasteiger partial charge in [0.15, 0.2) is 0 Å². The molecule has 1 atom stereocenters. The number of nitrogens with zero attached hydrogens (tertiary/aromatic N) is 4. The van der Waals surface area contributed by atoms with E-state index in [1.807, 2.05) is 18.0 Å². The molecule has 4 rings (SSSR count). The lowest BCUT2D eigenvalue weighted by molar-refractivity contribution is -0.143. The molecule has 0 saturated carbocycles. The van der Waals surface area contributed by atoms with Crippen LogP contribution >= 0.6 is 0 Å². The van der Waals surface area contributed by atoms with Gasteiger partial charge in [-0.1, -0.05) is 13.3 Å². The van der Waals surface area contributed by atoms with Gasteiger partial charge in [-0.05, 0) is 32.6 Å². The highest BCUT2D eigenvalue weighted by molar-refractivity contribution is 5.79. The molecule has 7 heteroatoms. The average molecular weight is 389 g/mol. The molecular weight excluding hydrogens is 356 g/mol. The monoisotopic (exact) mass is 388 g/mol. The SMILES string of the molecule is CCCc1cnc(C)nc1N1CCOC2(CCN(C(=O)C3CCOC3)CC2)C1. The largest absolute Gasteiger partial charge is 0.381 e. The van der Waals surface area contributed by atoms with Crippen LogP contribution in [-0.2, 0) is 20.7 Å². The summed E-state index contributed by atoms with van der Waals surface area (Å²) in [5.41, 5.74) is 1.04. The lowest BCUT2D eigenvalue weighted by atomic mass is 9.88. The first-order valence-corrected chi connectivity index (χ1v) is 10.7. The summed E-state index contributed by atoms with van der Waals surface area (Å²) in [6.45, 7) is 9.38. The van der Waals surface area contributed by atoms with Crippen LogP contribution in [0.25, 0.3) is 0 Å². The van der Waals surface area contributed by atoms with E-state index in [1.165, 1.54) is 5.56 Å². The molecule has 1 unspecified atom stereocenters. The lowest BCUT2D eigenvalue weighted by Gasteiger charge is -2.48. The van der Waals surface area contributed by atoms with Crippen LogP contribution < -0.4 is 4.90 Å². The van der Waals surface area contributed by atoms with Crippen molar-refractivity contribution in [3.63, 3.8) is 0 Å². The molecule has 4 heterocycles. The van der Waals surface area contributed by atoms with E-state index in [4.69, 9.17) is 14.5 Å². The van der Waals surface area contributed by atoms with Crippen molar-refractivity contribution in [1.82, 2.24) is 14.9 Å². The van der Waals surface area contributed by atoms with E-state index in [0.717, 1.165) is 69.9 Å². The highest BCUT2D eigenvalue weighted by atomic mass is 16.5. The number of anilines is 1. The minimum absolute atomic E-state index is 0.0541. The van der Waals surface area contributed by atoms with Crippen molar-refractivity contribution < 1.29 is 14.3 Å². The van der Waals surface area contributed by atoms with Crippen LogP contribution in [0.1, 0.15) is 44.0 Å². The van der Waals surface area contributed by atoms with Crippen molar-refractivity contribution in [2.75, 3.05) is 50.9 Å². The smallest absolute Gasteiger partial charge is 0.228 e. The lowest BCUT2D eigenvalue weighted by Crippen LogP contribution is -2.58. The van der Waals surface area contributed by atoms with Gasteiger partial charge in [0.05, 0.1) is 24.7 Å². The molecule has 1 aromatic heterocycles. The fourth-order valence-corrected chi connectivity index (χ4v) is 4.65. The van der Waals surface area contributed by atoms with Gasteiger partial charge in [0.25, 0.3) is 0 Å². The van der Waals surface area contributed by atoms with Crippen molar-refractivity contribution in [2.24, 2.45) is 5.92 Å². The van der Waals surface area contributed by atoms with Crippen LogP contribution in [-0.4, -0.2) is 72.4 Å². The van der Waals surface area contributed by atoms with Gasteiger partial charge in [-0.15, -0.1) is 0 Å². The van der Waals surface area contributed by atoms with E-state index in [9.17, 15) is 4.79 Å². The third-order valence-electron chi connectivity index (χ3n) is 6.29. The first-order chi connectivity index (χ1) is 13.6. The third-order valence-corrected chi connectivity index (χ3v) is 6.29. The molecule has 0 bridgehead atoms. The zero-order valence-corrected chi connectivity index (χ0v) is 17.2. The molecule has 0 aliphatic carbocycles. The zero-order valence-electron chi connectivity index (χ0n) is 17.2. The van der Waals surface area contributed by atoms with E-state index in [1.54, 1.807) is 0 Å². The van der Waals surface area contributed by atoms with Crippen molar-refractivity contribution >= 4 is 11.7 Å². The fourth-order valence-electron chi connectivity index (χ4n) is 4.65. The summed E-state index contributed by atoms with van der Waals surface area (Å²) in [4.78, 5) is 26.3. The Balaban J connectivity index is 1.43. The van der Waals surface area contributed by atoms with Crippen LogP contribution in [0.2, 0.25) is 0 Å². The Bertz CT molecular complexity index is 697. The van der Waals surface area contributed by atoms with Gasteiger partial charge >= 0.3 is 0 Å². The summed E-state index contributed by atoms with van der Waals surface area (Å²) >= 11 is 0. The molecule has 0 aromatic carbocycles. The second-order valence-corrected chi connectivity index (χ2v) is 8.35. The first kappa shape index (κ1) is 19.6. The molecule has 7 nitrogen and oxygen atoms in total. The van der Waals surface area contributed by atoms with Crippen molar-refractivity contribution in [3.05, 3.63) is 17.6 Å². The quantitative estimate of drug-likeness (QED) is 0.786. The minimum atomic E-state index is -0.177. The van der Waals surface area contributed by atoms with Gasteiger partial charge in [-0.2, -0.15) is 0 Å². The van der Waals surface area contributed by atoms with Crippen LogP contribution in [0.4, 0.5) is 5.82 Å². The number of carbonyl (C=O) groups is 1. The van der Waals surface area contributed by atoms with Crippen LogP contribution in [0, 0.1) is 12.8 Å². The Hall–Kier alpha value is -1.73.